The molecule has 2 aliphatic rings. The number of hydrogen-bond acceptors (Lipinski definition) is 3. The molecule has 5 heteroatoms. The van der Waals surface area contributed by atoms with Gasteiger partial charge in [0.15, 0.2) is 0 Å². The van der Waals surface area contributed by atoms with Gasteiger partial charge in [-0.15, -0.1) is 0 Å². The standard InChI is InChI=1S/C18H18FN3O/c19-14-5-1-12(2-6-14)9-18(7-8-18)17(23)22-15-10-20-16(21-11-15)13-3-4-13/h1-2,5-6,10-11,13H,3-4,7-9H2,(H,22,23). The highest BCUT2D eigenvalue weighted by atomic mass is 19.1. The van der Waals surface area contributed by atoms with Crippen LogP contribution in [0, 0.1) is 11.2 Å². The highest BCUT2D eigenvalue weighted by molar-refractivity contribution is 5.97. The molecule has 0 aliphatic heterocycles. The lowest BCUT2D eigenvalue weighted by Crippen LogP contribution is -2.26. The summed E-state index contributed by atoms with van der Waals surface area (Å²) in [7, 11) is 0. The van der Waals surface area contributed by atoms with Crippen LogP contribution in [0.2, 0.25) is 0 Å². The van der Waals surface area contributed by atoms with Crippen molar-refractivity contribution in [2.24, 2.45) is 5.41 Å². The summed E-state index contributed by atoms with van der Waals surface area (Å²) in [6.45, 7) is 0. The third-order valence-electron chi connectivity index (χ3n) is 4.66. The predicted octanol–water partition coefficient (Wildman–Crippen LogP) is 3.45. The molecule has 1 heterocycles. The molecule has 2 aromatic rings. The van der Waals surface area contributed by atoms with E-state index in [0.717, 1.165) is 37.1 Å². The fraction of sp³-hybridized carbons (Fsp3) is 0.389. The molecule has 0 unspecified atom stereocenters. The maximum atomic E-state index is 13.0. The van der Waals surface area contributed by atoms with Gasteiger partial charge in [-0.1, -0.05) is 12.1 Å². The predicted molar refractivity (Wildman–Crippen MR) is 84.4 cm³/mol. The lowest BCUT2D eigenvalue weighted by atomic mass is 9.95. The van der Waals surface area contributed by atoms with Gasteiger partial charge in [-0.25, -0.2) is 14.4 Å². The highest BCUT2D eigenvalue weighted by Crippen LogP contribution is 2.49. The number of rotatable bonds is 5. The Labute approximate surface area is 134 Å². The molecule has 4 nitrogen and oxygen atoms in total. The van der Waals surface area contributed by atoms with Crippen molar-refractivity contribution in [1.29, 1.82) is 0 Å². The van der Waals surface area contributed by atoms with E-state index in [0.29, 0.717) is 18.0 Å². The zero-order valence-electron chi connectivity index (χ0n) is 12.8. The van der Waals surface area contributed by atoms with E-state index in [9.17, 15) is 9.18 Å². The number of anilines is 1. The minimum Gasteiger partial charge on any atom is -0.323 e. The van der Waals surface area contributed by atoms with Crippen LogP contribution in [0.25, 0.3) is 0 Å². The number of halogens is 1. The molecular formula is C18H18FN3O. The number of nitrogens with one attached hydrogen (secondary N) is 1. The summed E-state index contributed by atoms with van der Waals surface area (Å²) in [6.07, 6.45) is 8.05. The molecular weight excluding hydrogens is 293 g/mol. The molecule has 23 heavy (non-hydrogen) atoms. The Hall–Kier alpha value is -2.30. The SMILES string of the molecule is O=C(Nc1cnc(C2CC2)nc1)C1(Cc2ccc(F)cc2)CC1. The molecule has 1 N–H and O–H groups in total. The van der Waals surface area contributed by atoms with Gasteiger partial charge in [0.1, 0.15) is 11.6 Å². The topological polar surface area (TPSA) is 54.9 Å². The van der Waals surface area contributed by atoms with E-state index in [2.05, 4.69) is 15.3 Å². The molecule has 1 aromatic carbocycles. The van der Waals surface area contributed by atoms with Crippen LogP contribution in [0.15, 0.2) is 36.7 Å². The van der Waals surface area contributed by atoms with E-state index in [4.69, 9.17) is 0 Å². The average Bonchev–Trinajstić information content (AvgIpc) is 3.45. The number of benzene rings is 1. The quantitative estimate of drug-likeness (QED) is 0.920. The fourth-order valence-corrected chi connectivity index (χ4v) is 2.85. The lowest BCUT2D eigenvalue weighted by Gasteiger charge is -2.15. The van der Waals surface area contributed by atoms with Gasteiger partial charge in [0.2, 0.25) is 5.91 Å². The first-order valence-corrected chi connectivity index (χ1v) is 8.02. The molecule has 1 amide bonds. The van der Waals surface area contributed by atoms with Gasteiger partial charge in [-0.05, 0) is 49.8 Å². The molecule has 0 bridgehead atoms. The average molecular weight is 311 g/mol. The van der Waals surface area contributed by atoms with Crippen LogP contribution in [0.4, 0.5) is 10.1 Å². The van der Waals surface area contributed by atoms with Gasteiger partial charge in [0.05, 0.1) is 23.5 Å². The van der Waals surface area contributed by atoms with Gasteiger partial charge in [-0.2, -0.15) is 0 Å². The molecule has 0 saturated heterocycles. The van der Waals surface area contributed by atoms with Gasteiger partial charge in [0.25, 0.3) is 0 Å². The minimum atomic E-state index is -0.368. The molecule has 2 saturated carbocycles. The summed E-state index contributed by atoms with van der Waals surface area (Å²) in [4.78, 5) is 21.2. The molecule has 2 aliphatic carbocycles. The summed E-state index contributed by atoms with van der Waals surface area (Å²) >= 11 is 0. The van der Waals surface area contributed by atoms with Crippen molar-refractivity contribution in [2.45, 2.75) is 38.0 Å². The molecule has 1 aromatic heterocycles. The second-order valence-electron chi connectivity index (χ2n) is 6.64. The Bertz CT molecular complexity index is 719. The number of nitrogens with zero attached hydrogens (tertiary/aromatic N) is 2. The Balaban J connectivity index is 1.42. The van der Waals surface area contributed by atoms with Crippen LogP contribution in [-0.2, 0) is 11.2 Å². The van der Waals surface area contributed by atoms with Crippen LogP contribution >= 0.6 is 0 Å². The first-order valence-electron chi connectivity index (χ1n) is 8.02. The van der Waals surface area contributed by atoms with E-state index in [1.54, 1.807) is 24.5 Å². The van der Waals surface area contributed by atoms with Crippen molar-refractivity contribution in [3.8, 4) is 0 Å². The molecule has 4 rings (SSSR count). The van der Waals surface area contributed by atoms with E-state index >= 15 is 0 Å². The summed E-state index contributed by atoms with van der Waals surface area (Å²) in [6, 6.07) is 6.37. The molecule has 0 radical (unpaired) electrons. The van der Waals surface area contributed by atoms with Crippen molar-refractivity contribution in [1.82, 2.24) is 9.97 Å². The minimum absolute atomic E-state index is 0.00426. The summed E-state index contributed by atoms with van der Waals surface area (Å²) in [5.74, 6) is 1.13. The van der Waals surface area contributed by atoms with Crippen molar-refractivity contribution >= 4 is 11.6 Å². The van der Waals surface area contributed by atoms with Gasteiger partial charge >= 0.3 is 0 Å². The molecule has 2 fully saturated rings. The van der Waals surface area contributed by atoms with Crippen molar-refractivity contribution in [3.63, 3.8) is 0 Å². The second kappa shape index (κ2) is 5.41. The zero-order valence-corrected chi connectivity index (χ0v) is 12.8. The lowest BCUT2D eigenvalue weighted by molar-refractivity contribution is -0.121. The van der Waals surface area contributed by atoms with Gasteiger partial charge in [-0.3, -0.25) is 4.79 Å². The monoisotopic (exact) mass is 311 g/mol. The van der Waals surface area contributed by atoms with E-state index in [1.165, 1.54) is 12.1 Å². The van der Waals surface area contributed by atoms with Crippen LogP contribution < -0.4 is 5.32 Å². The number of carbonyl (C=O) groups is 1. The first-order chi connectivity index (χ1) is 11.1. The summed E-state index contributed by atoms with van der Waals surface area (Å²) in [5, 5.41) is 2.92. The first kappa shape index (κ1) is 14.3. The highest BCUT2D eigenvalue weighted by Gasteiger charge is 2.49. The maximum Gasteiger partial charge on any atom is 0.231 e. The zero-order chi connectivity index (χ0) is 15.9. The third-order valence-corrected chi connectivity index (χ3v) is 4.66. The number of aromatic nitrogens is 2. The van der Waals surface area contributed by atoms with Crippen molar-refractivity contribution in [3.05, 3.63) is 53.9 Å². The van der Waals surface area contributed by atoms with E-state index in [1.807, 2.05) is 0 Å². The van der Waals surface area contributed by atoms with Crippen molar-refractivity contribution in [2.75, 3.05) is 5.32 Å². The Kier molecular flexibility index (Phi) is 3.36. The van der Waals surface area contributed by atoms with Crippen LogP contribution in [0.3, 0.4) is 0 Å². The summed E-state index contributed by atoms with van der Waals surface area (Å²) < 4.78 is 13.0. The maximum absolute atomic E-state index is 13.0. The summed E-state index contributed by atoms with van der Waals surface area (Å²) in [5.41, 5.74) is 1.26. The van der Waals surface area contributed by atoms with E-state index < -0.39 is 0 Å². The molecule has 0 atom stereocenters. The van der Waals surface area contributed by atoms with Gasteiger partial charge in [0, 0.05) is 5.92 Å². The molecule has 118 valence electrons. The van der Waals surface area contributed by atoms with Crippen molar-refractivity contribution < 1.29 is 9.18 Å². The number of hydrogen-bond donors (Lipinski definition) is 1. The molecule has 0 spiro atoms. The Morgan fingerprint density at radius 3 is 2.39 bits per heavy atom. The third kappa shape index (κ3) is 3.09. The second-order valence-corrected chi connectivity index (χ2v) is 6.64. The van der Waals surface area contributed by atoms with Crippen LogP contribution in [0.5, 0.6) is 0 Å². The Morgan fingerprint density at radius 2 is 1.83 bits per heavy atom. The van der Waals surface area contributed by atoms with Crippen LogP contribution in [-0.4, -0.2) is 15.9 Å². The fourth-order valence-electron chi connectivity index (χ4n) is 2.85. The number of amides is 1. The van der Waals surface area contributed by atoms with Crippen LogP contribution in [0.1, 0.15) is 43.0 Å². The van der Waals surface area contributed by atoms with E-state index in [-0.39, 0.29) is 17.1 Å². The normalized spacial score (nSPS) is 18.5. The number of carbonyl (C=O) groups excluding carboxylic acids is 1. The smallest absolute Gasteiger partial charge is 0.231 e. The largest absolute Gasteiger partial charge is 0.323 e. The van der Waals surface area contributed by atoms with Gasteiger partial charge < -0.3 is 5.32 Å². The Morgan fingerprint density at radius 1 is 1.17 bits per heavy atom.